The van der Waals surface area contributed by atoms with Gasteiger partial charge in [0.15, 0.2) is 0 Å². The summed E-state index contributed by atoms with van der Waals surface area (Å²) in [4.78, 5) is 18.9. The molecule has 0 aliphatic carbocycles. The minimum Gasteiger partial charge on any atom is -0.312 e. The van der Waals surface area contributed by atoms with E-state index in [1.165, 1.54) is 17.7 Å². The van der Waals surface area contributed by atoms with Crippen LogP contribution in [0.15, 0.2) is 41.8 Å². The predicted octanol–water partition coefficient (Wildman–Crippen LogP) is 4.38. The minimum absolute atomic E-state index is 0.216. The summed E-state index contributed by atoms with van der Waals surface area (Å²) in [5.74, 6) is -0.00217. The van der Waals surface area contributed by atoms with Gasteiger partial charge in [-0.1, -0.05) is 12.1 Å². The topological polar surface area (TPSA) is 33.2 Å². The van der Waals surface area contributed by atoms with Gasteiger partial charge in [0, 0.05) is 23.9 Å². The third-order valence-corrected chi connectivity index (χ3v) is 5.97. The number of amides is 1. The molecule has 26 heavy (non-hydrogen) atoms. The van der Waals surface area contributed by atoms with Crippen molar-refractivity contribution in [3.05, 3.63) is 69.3 Å². The Labute approximate surface area is 155 Å². The standard InChI is InChI=1S/C21H17FN2OS/c22-17-5-3-13(4-6-17)8-19-23-18(12-26-19)15-9-14-2-1-7-24-20(25)11-16(10-15)21(14)24/h3-6,9-10,12H,1-2,7-8,11H2. The highest BCUT2D eigenvalue weighted by Crippen LogP contribution is 2.40. The Morgan fingerprint density at radius 1 is 1.15 bits per heavy atom. The summed E-state index contributed by atoms with van der Waals surface area (Å²) in [6, 6.07) is 10.9. The molecule has 0 saturated heterocycles. The van der Waals surface area contributed by atoms with Gasteiger partial charge in [0.1, 0.15) is 5.82 Å². The van der Waals surface area contributed by atoms with Gasteiger partial charge in [0.05, 0.1) is 22.8 Å². The van der Waals surface area contributed by atoms with Crippen LogP contribution in [0.2, 0.25) is 0 Å². The van der Waals surface area contributed by atoms with E-state index in [-0.39, 0.29) is 11.7 Å². The summed E-state index contributed by atoms with van der Waals surface area (Å²) in [7, 11) is 0. The fourth-order valence-electron chi connectivity index (χ4n) is 3.93. The average molecular weight is 364 g/mol. The number of thiazole rings is 1. The lowest BCUT2D eigenvalue weighted by atomic mass is 9.96. The largest absolute Gasteiger partial charge is 0.312 e. The molecule has 0 unspecified atom stereocenters. The molecular formula is C21H17FN2OS. The van der Waals surface area contributed by atoms with Crippen LogP contribution in [0.1, 0.15) is 28.1 Å². The number of carbonyl (C=O) groups is 1. The van der Waals surface area contributed by atoms with Crippen molar-refractivity contribution in [3.8, 4) is 11.3 Å². The lowest BCUT2D eigenvalue weighted by Gasteiger charge is -2.25. The second-order valence-electron chi connectivity index (χ2n) is 6.90. The highest BCUT2D eigenvalue weighted by Gasteiger charge is 2.32. The Morgan fingerprint density at radius 3 is 2.81 bits per heavy atom. The van der Waals surface area contributed by atoms with E-state index in [1.54, 1.807) is 23.5 Å². The molecule has 0 atom stereocenters. The summed E-state index contributed by atoms with van der Waals surface area (Å²) in [6.07, 6.45) is 3.25. The van der Waals surface area contributed by atoms with Gasteiger partial charge in [-0.2, -0.15) is 0 Å². The van der Waals surface area contributed by atoms with Crippen LogP contribution in [0.4, 0.5) is 10.1 Å². The Bertz CT molecular complexity index is 1010. The quantitative estimate of drug-likeness (QED) is 0.691. The van der Waals surface area contributed by atoms with Crippen LogP contribution in [-0.2, 0) is 24.1 Å². The lowest BCUT2D eigenvalue weighted by molar-refractivity contribution is -0.117. The SMILES string of the molecule is O=C1Cc2cc(-c3csc(Cc4ccc(F)cc4)n3)cc3c2N1CCC3. The van der Waals surface area contributed by atoms with Crippen LogP contribution >= 0.6 is 11.3 Å². The van der Waals surface area contributed by atoms with E-state index in [9.17, 15) is 9.18 Å². The fourth-order valence-corrected chi connectivity index (χ4v) is 4.77. The van der Waals surface area contributed by atoms with E-state index in [1.807, 2.05) is 4.90 Å². The molecule has 2 aromatic carbocycles. The molecule has 5 heteroatoms. The number of anilines is 1. The zero-order valence-corrected chi connectivity index (χ0v) is 15.0. The first-order valence-electron chi connectivity index (χ1n) is 8.83. The number of hydrogen-bond acceptors (Lipinski definition) is 3. The summed E-state index contributed by atoms with van der Waals surface area (Å²) >= 11 is 1.62. The molecule has 0 fully saturated rings. The number of benzene rings is 2. The summed E-state index contributed by atoms with van der Waals surface area (Å²) in [6.45, 7) is 0.844. The lowest BCUT2D eigenvalue weighted by Crippen LogP contribution is -2.31. The Balaban J connectivity index is 1.46. The highest BCUT2D eigenvalue weighted by atomic mass is 32.1. The van der Waals surface area contributed by atoms with Crippen molar-refractivity contribution >= 4 is 22.9 Å². The normalized spacial score (nSPS) is 15.4. The van der Waals surface area contributed by atoms with Crippen molar-refractivity contribution < 1.29 is 9.18 Å². The molecule has 3 heterocycles. The number of carbonyl (C=O) groups excluding carboxylic acids is 1. The molecule has 0 saturated carbocycles. The van der Waals surface area contributed by atoms with E-state index in [2.05, 4.69) is 17.5 Å². The van der Waals surface area contributed by atoms with Gasteiger partial charge in [-0.25, -0.2) is 9.37 Å². The number of halogens is 1. The van der Waals surface area contributed by atoms with E-state index in [0.717, 1.165) is 52.5 Å². The first-order valence-corrected chi connectivity index (χ1v) is 9.71. The Morgan fingerprint density at radius 2 is 1.96 bits per heavy atom. The van der Waals surface area contributed by atoms with E-state index in [4.69, 9.17) is 4.98 Å². The molecule has 0 N–H and O–H groups in total. The number of hydrogen-bond donors (Lipinski definition) is 0. The van der Waals surface area contributed by atoms with Crippen molar-refractivity contribution in [2.45, 2.75) is 25.7 Å². The number of aromatic nitrogens is 1. The minimum atomic E-state index is -0.218. The summed E-state index contributed by atoms with van der Waals surface area (Å²) in [5, 5.41) is 3.09. The molecule has 2 aliphatic rings. The fraction of sp³-hybridized carbons (Fsp3) is 0.238. The molecule has 3 aromatic rings. The van der Waals surface area contributed by atoms with Gasteiger partial charge < -0.3 is 4.90 Å². The van der Waals surface area contributed by atoms with Gasteiger partial charge in [-0.3, -0.25) is 4.79 Å². The number of aryl methyl sites for hydroxylation is 1. The monoisotopic (exact) mass is 364 g/mol. The van der Waals surface area contributed by atoms with Gasteiger partial charge in [-0.05, 0) is 53.8 Å². The molecule has 130 valence electrons. The maximum Gasteiger partial charge on any atom is 0.231 e. The number of rotatable bonds is 3. The number of nitrogens with zero attached hydrogens (tertiary/aromatic N) is 2. The van der Waals surface area contributed by atoms with E-state index < -0.39 is 0 Å². The molecule has 5 rings (SSSR count). The van der Waals surface area contributed by atoms with Crippen molar-refractivity contribution in [2.24, 2.45) is 0 Å². The Kier molecular flexibility index (Phi) is 3.64. The molecular weight excluding hydrogens is 347 g/mol. The van der Waals surface area contributed by atoms with Crippen LogP contribution < -0.4 is 4.90 Å². The molecule has 0 spiro atoms. The van der Waals surface area contributed by atoms with Gasteiger partial charge in [-0.15, -0.1) is 11.3 Å². The third-order valence-electron chi connectivity index (χ3n) is 5.12. The van der Waals surface area contributed by atoms with Crippen molar-refractivity contribution in [1.29, 1.82) is 0 Å². The zero-order valence-electron chi connectivity index (χ0n) is 14.2. The first kappa shape index (κ1) is 15.7. The zero-order chi connectivity index (χ0) is 17.7. The molecule has 2 aliphatic heterocycles. The van der Waals surface area contributed by atoms with E-state index in [0.29, 0.717) is 12.8 Å². The van der Waals surface area contributed by atoms with Crippen LogP contribution in [0.25, 0.3) is 11.3 Å². The molecule has 0 radical (unpaired) electrons. The van der Waals surface area contributed by atoms with Crippen LogP contribution in [0.3, 0.4) is 0 Å². The van der Waals surface area contributed by atoms with Crippen LogP contribution in [-0.4, -0.2) is 17.4 Å². The molecule has 1 amide bonds. The highest BCUT2D eigenvalue weighted by molar-refractivity contribution is 7.10. The van der Waals surface area contributed by atoms with Crippen LogP contribution in [0, 0.1) is 5.82 Å². The Hall–Kier alpha value is -2.53. The summed E-state index contributed by atoms with van der Waals surface area (Å²) < 4.78 is 13.1. The van der Waals surface area contributed by atoms with Gasteiger partial charge in [0.25, 0.3) is 0 Å². The average Bonchev–Trinajstić information content (AvgIpc) is 3.23. The second-order valence-corrected chi connectivity index (χ2v) is 7.84. The van der Waals surface area contributed by atoms with Crippen molar-refractivity contribution in [1.82, 2.24) is 4.98 Å². The van der Waals surface area contributed by atoms with Crippen molar-refractivity contribution in [3.63, 3.8) is 0 Å². The molecule has 3 nitrogen and oxygen atoms in total. The maximum absolute atomic E-state index is 13.1. The van der Waals surface area contributed by atoms with Gasteiger partial charge >= 0.3 is 0 Å². The van der Waals surface area contributed by atoms with Crippen LogP contribution in [0.5, 0.6) is 0 Å². The van der Waals surface area contributed by atoms with Crippen molar-refractivity contribution in [2.75, 3.05) is 11.4 Å². The smallest absolute Gasteiger partial charge is 0.231 e. The summed E-state index contributed by atoms with van der Waals surface area (Å²) in [5.41, 5.74) is 6.65. The first-order chi connectivity index (χ1) is 12.7. The maximum atomic E-state index is 13.1. The molecule has 0 bridgehead atoms. The third kappa shape index (κ3) is 2.63. The predicted molar refractivity (Wildman–Crippen MR) is 101 cm³/mol. The van der Waals surface area contributed by atoms with Gasteiger partial charge in [0.2, 0.25) is 5.91 Å². The second kappa shape index (κ2) is 6.02. The molecule has 1 aromatic heterocycles. The van der Waals surface area contributed by atoms with E-state index >= 15 is 0 Å².